The van der Waals surface area contributed by atoms with Crippen LogP contribution in [0.3, 0.4) is 0 Å². The van der Waals surface area contributed by atoms with E-state index in [2.05, 4.69) is 32.8 Å². The van der Waals surface area contributed by atoms with E-state index in [1.165, 1.54) is 0 Å². The number of nitrogens with zero attached hydrogens (tertiary/aromatic N) is 2. The number of anilines is 1. The normalized spacial score (nSPS) is 22.3. The molecule has 1 aromatic carbocycles. The maximum Gasteiger partial charge on any atom is 0.313 e. The predicted molar refractivity (Wildman–Crippen MR) is 121 cm³/mol. The molecule has 2 aliphatic heterocycles. The van der Waals surface area contributed by atoms with E-state index in [9.17, 15) is 19.2 Å². The molecule has 2 aliphatic rings. The second-order valence-corrected chi connectivity index (χ2v) is 8.60. The van der Waals surface area contributed by atoms with E-state index >= 15 is 0 Å². The van der Waals surface area contributed by atoms with Crippen molar-refractivity contribution in [3.63, 3.8) is 0 Å². The van der Waals surface area contributed by atoms with Crippen molar-refractivity contribution in [3.05, 3.63) is 29.8 Å². The van der Waals surface area contributed by atoms with Gasteiger partial charge in [-0.15, -0.1) is 0 Å². The quantitative estimate of drug-likeness (QED) is 0.321. The fraction of sp³-hybridized carbons (Fsp3) is 0.565. The first-order valence-electron chi connectivity index (χ1n) is 11.3. The Hall–Kier alpha value is -2.78. The van der Waals surface area contributed by atoms with Crippen molar-refractivity contribution in [1.29, 1.82) is 0 Å². The fourth-order valence-electron chi connectivity index (χ4n) is 4.28. The highest BCUT2D eigenvalue weighted by atomic mass is 16.2. The number of imide groups is 1. The predicted octanol–water partition coefficient (Wildman–Crippen LogP) is 0.463. The second-order valence-electron chi connectivity index (χ2n) is 8.60. The zero-order valence-corrected chi connectivity index (χ0v) is 18.9. The van der Waals surface area contributed by atoms with Crippen LogP contribution in [0, 0.1) is 0 Å². The molecule has 9 heteroatoms. The third-order valence-corrected chi connectivity index (χ3v) is 6.50. The highest BCUT2D eigenvalue weighted by molar-refractivity contribution is 6.39. The van der Waals surface area contributed by atoms with Crippen LogP contribution < -0.4 is 16.0 Å². The van der Waals surface area contributed by atoms with E-state index in [1.807, 2.05) is 6.92 Å². The summed E-state index contributed by atoms with van der Waals surface area (Å²) >= 11 is 0. The minimum absolute atomic E-state index is 0.252. The van der Waals surface area contributed by atoms with Crippen LogP contribution in [0.5, 0.6) is 0 Å². The molecule has 2 heterocycles. The van der Waals surface area contributed by atoms with Gasteiger partial charge in [-0.1, -0.05) is 19.1 Å². The van der Waals surface area contributed by atoms with Crippen molar-refractivity contribution < 1.29 is 19.2 Å². The number of nitrogens with one attached hydrogen (secondary N) is 3. The van der Waals surface area contributed by atoms with Gasteiger partial charge in [0.05, 0.1) is 5.41 Å². The lowest BCUT2D eigenvalue weighted by molar-refractivity contribution is -0.138. The Morgan fingerprint density at radius 3 is 2.38 bits per heavy atom. The van der Waals surface area contributed by atoms with Crippen molar-refractivity contribution in [2.45, 2.75) is 38.0 Å². The lowest BCUT2D eigenvalue weighted by Gasteiger charge is -2.35. The molecule has 0 aliphatic carbocycles. The van der Waals surface area contributed by atoms with Crippen LogP contribution in [0.25, 0.3) is 0 Å². The maximum absolute atomic E-state index is 12.5. The number of likely N-dealkylation sites (N-methyl/N-ethyl adjacent to an activating group) is 1. The third kappa shape index (κ3) is 5.72. The second kappa shape index (κ2) is 10.7. The Kier molecular flexibility index (Phi) is 7.98. The SMILES string of the molecule is CCC1(c2ccc(NC(=O)C(=O)NCCCN3CCN(C)CC3)cc2)CCC(=O)NC1=O. The third-order valence-electron chi connectivity index (χ3n) is 6.50. The van der Waals surface area contributed by atoms with Gasteiger partial charge in [-0.25, -0.2) is 0 Å². The molecule has 2 fully saturated rings. The molecular formula is C23H33N5O4. The van der Waals surface area contributed by atoms with E-state index in [-0.39, 0.29) is 11.8 Å². The molecular weight excluding hydrogens is 410 g/mol. The number of carbonyl (C=O) groups excluding carboxylic acids is 4. The molecule has 1 aromatic rings. The van der Waals surface area contributed by atoms with Gasteiger partial charge in [-0.2, -0.15) is 0 Å². The Morgan fingerprint density at radius 1 is 1.06 bits per heavy atom. The number of piperidine rings is 1. The van der Waals surface area contributed by atoms with E-state index < -0.39 is 17.2 Å². The monoisotopic (exact) mass is 443 g/mol. The van der Waals surface area contributed by atoms with E-state index in [0.29, 0.717) is 31.5 Å². The fourth-order valence-corrected chi connectivity index (χ4v) is 4.28. The molecule has 0 radical (unpaired) electrons. The molecule has 0 aromatic heterocycles. The summed E-state index contributed by atoms with van der Waals surface area (Å²) in [6.45, 7) is 7.42. The van der Waals surface area contributed by atoms with Crippen molar-refractivity contribution in [3.8, 4) is 0 Å². The molecule has 0 saturated carbocycles. The van der Waals surface area contributed by atoms with Crippen LogP contribution in [0.4, 0.5) is 5.69 Å². The number of hydrogen-bond donors (Lipinski definition) is 3. The summed E-state index contributed by atoms with van der Waals surface area (Å²) in [4.78, 5) is 53.0. The molecule has 0 spiro atoms. The van der Waals surface area contributed by atoms with E-state index in [4.69, 9.17) is 0 Å². The summed E-state index contributed by atoms with van der Waals surface area (Å²) in [5.74, 6) is -1.92. The molecule has 3 N–H and O–H groups in total. The van der Waals surface area contributed by atoms with Gasteiger partial charge in [0.2, 0.25) is 11.8 Å². The standard InChI is InChI=1S/C23H33N5O4/c1-3-23(10-9-19(29)26-22(23)32)17-5-7-18(8-6-17)25-21(31)20(30)24-11-4-12-28-15-13-27(2)14-16-28/h5-8H,3-4,9-16H2,1-2H3,(H,24,30)(H,25,31)(H,26,29,32). The summed E-state index contributed by atoms with van der Waals surface area (Å²) < 4.78 is 0. The summed E-state index contributed by atoms with van der Waals surface area (Å²) in [5, 5.41) is 7.68. The molecule has 32 heavy (non-hydrogen) atoms. The molecule has 0 bridgehead atoms. The summed E-state index contributed by atoms with van der Waals surface area (Å²) in [6, 6.07) is 6.88. The van der Waals surface area contributed by atoms with Gasteiger partial charge in [0.1, 0.15) is 0 Å². The van der Waals surface area contributed by atoms with E-state index in [0.717, 1.165) is 44.7 Å². The van der Waals surface area contributed by atoms with Gasteiger partial charge in [-0.3, -0.25) is 24.5 Å². The first-order chi connectivity index (χ1) is 15.3. The molecule has 2 saturated heterocycles. The average molecular weight is 444 g/mol. The first kappa shape index (κ1) is 23.9. The number of hydrogen-bond acceptors (Lipinski definition) is 6. The highest BCUT2D eigenvalue weighted by Crippen LogP contribution is 2.36. The van der Waals surface area contributed by atoms with Crippen molar-refractivity contribution in [1.82, 2.24) is 20.4 Å². The zero-order chi connectivity index (χ0) is 23.1. The minimum Gasteiger partial charge on any atom is -0.348 e. The lowest BCUT2D eigenvalue weighted by Crippen LogP contribution is -2.51. The molecule has 174 valence electrons. The van der Waals surface area contributed by atoms with E-state index in [1.54, 1.807) is 24.3 Å². The van der Waals surface area contributed by atoms with Gasteiger partial charge in [0.15, 0.2) is 0 Å². The van der Waals surface area contributed by atoms with Crippen LogP contribution in [0.1, 0.15) is 38.2 Å². The van der Waals surface area contributed by atoms with Gasteiger partial charge in [-0.05, 0) is 50.6 Å². The molecule has 1 unspecified atom stereocenters. The number of benzene rings is 1. The van der Waals surface area contributed by atoms with Crippen molar-refractivity contribution in [2.75, 3.05) is 51.6 Å². The molecule has 4 amide bonds. The summed E-state index contributed by atoms with van der Waals surface area (Å²) in [7, 11) is 2.11. The molecule has 9 nitrogen and oxygen atoms in total. The van der Waals surface area contributed by atoms with Gasteiger partial charge in [0, 0.05) is 44.8 Å². The number of rotatable bonds is 7. The van der Waals surface area contributed by atoms with Gasteiger partial charge < -0.3 is 20.4 Å². The first-order valence-corrected chi connectivity index (χ1v) is 11.3. The molecule has 1 atom stereocenters. The molecule has 3 rings (SSSR count). The van der Waals surface area contributed by atoms with Crippen LogP contribution >= 0.6 is 0 Å². The Morgan fingerprint density at radius 2 is 1.75 bits per heavy atom. The number of carbonyl (C=O) groups is 4. The Bertz CT molecular complexity index is 848. The topological polar surface area (TPSA) is 111 Å². The van der Waals surface area contributed by atoms with Crippen LogP contribution in [0.2, 0.25) is 0 Å². The van der Waals surface area contributed by atoms with Crippen LogP contribution in [-0.2, 0) is 24.6 Å². The smallest absolute Gasteiger partial charge is 0.313 e. The Balaban J connectivity index is 1.46. The average Bonchev–Trinajstić information content (AvgIpc) is 2.79. The maximum atomic E-state index is 12.5. The minimum atomic E-state index is -0.752. The Labute approximate surface area is 188 Å². The highest BCUT2D eigenvalue weighted by Gasteiger charge is 2.42. The van der Waals surface area contributed by atoms with Crippen molar-refractivity contribution >= 4 is 29.3 Å². The van der Waals surface area contributed by atoms with Crippen molar-refractivity contribution in [2.24, 2.45) is 0 Å². The number of amides is 4. The van der Waals surface area contributed by atoms with Crippen LogP contribution in [-0.4, -0.2) is 79.7 Å². The van der Waals surface area contributed by atoms with Crippen LogP contribution in [0.15, 0.2) is 24.3 Å². The largest absolute Gasteiger partial charge is 0.348 e. The summed E-state index contributed by atoms with van der Waals surface area (Å²) in [5.41, 5.74) is 0.513. The van der Waals surface area contributed by atoms with Gasteiger partial charge in [0.25, 0.3) is 0 Å². The summed E-state index contributed by atoms with van der Waals surface area (Å²) in [6.07, 6.45) is 2.11. The lowest BCUT2D eigenvalue weighted by atomic mass is 9.72. The zero-order valence-electron chi connectivity index (χ0n) is 18.9. The number of piperazine rings is 1. The van der Waals surface area contributed by atoms with Gasteiger partial charge >= 0.3 is 11.8 Å².